The van der Waals surface area contributed by atoms with Crippen molar-refractivity contribution in [2.45, 2.75) is 52.4 Å². The van der Waals surface area contributed by atoms with Crippen LogP contribution in [0.5, 0.6) is 0 Å². The summed E-state index contributed by atoms with van der Waals surface area (Å²) in [5.74, 6) is 2.34. The molecule has 2 aromatic rings. The molecule has 2 aliphatic rings. The van der Waals surface area contributed by atoms with Gasteiger partial charge in [-0.2, -0.15) is 0 Å². The molecule has 2 amide bonds. The van der Waals surface area contributed by atoms with Crippen molar-refractivity contribution in [3.05, 3.63) is 53.0 Å². The van der Waals surface area contributed by atoms with E-state index in [2.05, 4.69) is 13.8 Å². The van der Waals surface area contributed by atoms with E-state index in [0.29, 0.717) is 38.3 Å². The number of aryl methyl sites for hydroxylation is 1. The molecular formula is C24H30N4O2. The van der Waals surface area contributed by atoms with Crippen molar-refractivity contribution in [1.82, 2.24) is 14.9 Å². The number of likely N-dealkylation sites (tertiary alicyclic amines) is 1. The lowest BCUT2D eigenvalue weighted by Gasteiger charge is -2.31. The second-order valence-electron chi connectivity index (χ2n) is 8.86. The molecule has 0 saturated carbocycles. The van der Waals surface area contributed by atoms with Gasteiger partial charge in [0.25, 0.3) is 0 Å². The molecule has 6 heteroatoms. The Bertz CT molecular complexity index is 942. The van der Waals surface area contributed by atoms with Gasteiger partial charge >= 0.3 is 0 Å². The van der Waals surface area contributed by atoms with E-state index in [1.807, 2.05) is 47.1 Å². The van der Waals surface area contributed by atoms with Crippen molar-refractivity contribution in [2.75, 3.05) is 24.5 Å². The Morgan fingerprint density at radius 3 is 2.67 bits per heavy atom. The summed E-state index contributed by atoms with van der Waals surface area (Å²) in [6, 6.07) is 9.86. The molecule has 30 heavy (non-hydrogen) atoms. The predicted octanol–water partition coefficient (Wildman–Crippen LogP) is 3.28. The smallest absolute Gasteiger partial charge is 0.228 e. The van der Waals surface area contributed by atoms with Gasteiger partial charge < -0.3 is 4.90 Å². The number of amides is 2. The van der Waals surface area contributed by atoms with E-state index in [0.717, 1.165) is 41.4 Å². The van der Waals surface area contributed by atoms with Gasteiger partial charge in [0.05, 0.1) is 6.42 Å². The van der Waals surface area contributed by atoms with Gasteiger partial charge in [0, 0.05) is 43.2 Å². The number of benzene rings is 1. The molecule has 1 atom stereocenters. The fourth-order valence-electron chi connectivity index (χ4n) is 4.42. The normalized spacial score (nSPS) is 18.8. The van der Waals surface area contributed by atoms with Gasteiger partial charge in [-0.1, -0.05) is 44.2 Å². The molecule has 1 aromatic heterocycles. The minimum absolute atomic E-state index is 0.117. The number of rotatable bonds is 5. The maximum Gasteiger partial charge on any atom is 0.228 e. The first kappa shape index (κ1) is 20.5. The molecule has 0 N–H and O–H groups in total. The molecule has 1 saturated heterocycles. The maximum atomic E-state index is 12.7. The first-order valence-corrected chi connectivity index (χ1v) is 10.9. The summed E-state index contributed by atoms with van der Waals surface area (Å²) in [7, 11) is 0. The fraction of sp³-hybridized carbons (Fsp3) is 0.500. The lowest BCUT2D eigenvalue weighted by Crippen LogP contribution is -2.39. The summed E-state index contributed by atoms with van der Waals surface area (Å²) in [5, 5.41) is 0. The Morgan fingerprint density at radius 2 is 1.93 bits per heavy atom. The highest BCUT2D eigenvalue weighted by Crippen LogP contribution is 2.32. The number of nitrogens with zero attached hydrogens (tertiary/aromatic N) is 4. The van der Waals surface area contributed by atoms with Crippen LogP contribution in [0, 0.1) is 12.8 Å². The monoisotopic (exact) mass is 406 g/mol. The number of hydrogen-bond acceptors (Lipinski definition) is 4. The van der Waals surface area contributed by atoms with Crippen LogP contribution >= 0.6 is 0 Å². The summed E-state index contributed by atoms with van der Waals surface area (Å²) >= 11 is 0. The van der Waals surface area contributed by atoms with Crippen molar-refractivity contribution in [3.63, 3.8) is 0 Å². The zero-order valence-corrected chi connectivity index (χ0v) is 18.1. The highest BCUT2D eigenvalue weighted by atomic mass is 16.2. The van der Waals surface area contributed by atoms with Crippen LogP contribution < -0.4 is 4.90 Å². The number of hydrogen-bond donors (Lipinski definition) is 0. The first-order chi connectivity index (χ1) is 14.4. The van der Waals surface area contributed by atoms with Gasteiger partial charge in [-0.05, 0) is 31.2 Å². The molecule has 0 bridgehead atoms. The van der Waals surface area contributed by atoms with Crippen LogP contribution in [0.1, 0.15) is 55.3 Å². The van der Waals surface area contributed by atoms with Crippen LogP contribution in [0.2, 0.25) is 0 Å². The van der Waals surface area contributed by atoms with Crippen LogP contribution in [-0.4, -0.2) is 46.3 Å². The number of anilines is 1. The van der Waals surface area contributed by atoms with Gasteiger partial charge in [-0.3, -0.25) is 14.5 Å². The first-order valence-electron chi connectivity index (χ1n) is 10.9. The quantitative estimate of drug-likeness (QED) is 0.764. The van der Waals surface area contributed by atoms with E-state index in [9.17, 15) is 9.59 Å². The molecule has 1 fully saturated rings. The molecule has 0 spiro atoms. The van der Waals surface area contributed by atoms with E-state index in [1.54, 1.807) is 0 Å². The third-order valence-corrected chi connectivity index (χ3v) is 6.01. The van der Waals surface area contributed by atoms with E-state index in [-0.39, 0.29) is 17.7 Å². The Kier molecular flexibility index (Phi) is 5.84. The topological polar surface area (TPSA) is 66.4 Å². The average molecular weight is 407 g/mol. The largest absolute Gasteiger partial charge is 0.342 e. The minimum Gasteiger partial charge on any atom is -0.342 e. The van der Waals surface area contributed by atoms with E-state index >= 15 is 0 Å². The summed E-state index contributed by atoms with van der Waals surface area (Å²) in [6.45, 7) is 8.29. The highest BCUT2D eigenvalue weighted by molar-refractivity contribution is 5.95. The standard InChI is InChI=1S/C24H30N4O2/c1-16(2)14-28-21(29)10-9-20-17(3)25-23(26-24(20)28)19-11-12-27(15-19)22(30)13-18-7-5-4-6-8-18/h4-8,16,19H,9-15H2,1-3H3/t19-/m1/s1. The molecule has 6 nitrogen and oxygen atoms in total. The molecule has 2 aliphatic heterocycles. The van der Waals surface area contributed by atoms with Crippen LogP contribution in [0.25, 0.3) is 0 Å². The molecule has 0 aliphatic carbocycles. The molecule has 158 valence electrons. The summed E-state index contributed by atoms with van der Waals surface area (Å²) in [5.41, 5.74) is 3.09. The molecular weight excluding hydrogens is 376 g/mol. The van der Waals surface area contributed by atoms with Crippen molar-refractivity contribution >= 4 is 17.6 Å². The number of carbonyl (C=O) groups is 2. The lowest BCUT2D eigenvalue weighted by atomic mass is 10.0. The zero-order valence-electron chi connectivity index (χ0n) is 18.1. The Hall–Kier alpha value is -2.76. The van der Waals surface area contributed by atoms with Crippen LogP contribution in [0.15, 0.2) is 30.3 Å². The Morgan fingerprint density at radius 1 is 1.17 bits per heavy atom. The predicted molar refractivity (Wildman–Crippen MR) is 116 cm³/mol. The number of aromatic nitrogens is 2. The number of fused-ring (bicyclic) bond motifs is 1. The van der Waals surface area contributed by atoms with Gasteiger partial charge in [-0.25, -0.2) is 9.97 Å². The Balaban J connectivity index is 1.52. The van der Waals surface area contributed by atoms with Crippen LogP contribution in [0.3, 0.4) is 0 Å². The van der Waals surface area contributed by atoms with Gasteiger partial charge in [0.1, 0.15) is 11.6 Å². The Labute approximate surface area is 178 Å². The highest BCUT2D eigenvalue weighted by Gasteiger charge is 2.33. The van der Waals surface area contributed by atoms with Gasteiger partial charge in [0.15, 0.2) is 0 Å². The van der Waals surface area contributed by atoms with E-state index in [1.165, 1.54) is 0 Å². The van der Waals surface area contributed by atoms with Crippen molar-refractivity contribution in [2.24, 2.45) is 5.92 Å². The molecule has 0 radical (unpaired) electrons. The molecule has 1 aromatic carbocycles. The van der Waals surface area contributed by atoms with Crippen molar-refractivity contribution in [3.8, 4) is 0 Å². The number of carbonyl (C=O) groups excluding carboxylic acids is 2. The summed E-state index contributed by atoms with van der Waals surface area (Å²) < 4.78 is 0. The lowest BCUT2D eigenvalue weighted by molar-refractivity contribution is -0.129. The molecule has 4 rings (SSSR count). The zero-order chi connectivity index (χ0) is 21.3. The summed E-state index contributed by atoms with van der Waals surface area (Å²) in [4.78, 5) is 38.7. The second-order valence-corrected chi connectivity index (χ2v) is 8.86. The summed E-state index contributed by atoms with van der Waals surface area (Å²) in [6.07, 6.45) is 2.51. The maximum absolute atomic E-state index is 12.7. The second kappa shape index (κ2) is 8.54. The van der Waals surface area contributed by atoms with Crippen molar-refractivity contribution < 1.29 is 9.59 Å². The average Bonchev–Trinajstić information content (AvgIpc) is 3.21. The SMILES string of the molecule is Cc1nc([C@@H]2CCN(C(=O)Cc3ccccc3)C2)nc2c1CCC(=O)N2CC(C)C. The van der Waals surface area contributed by atoms with E-state index in [4.69, 9.17) is 9.97 Å². The minimum atomic E-state index is 0.117. The van der Waals surface area contributed by atoms with Crippen LogP contribution in [-0.2, 0) is 22.4 Å². The van der Waals surface area contributed by atoms with Gasteiger partial charge in [0.2, 0.25) is 11.8 Å². The van der Waals surface area contributed by atoms with E-state index < -0.39 is 0 Å². The van der Waals surface area contributed by atoms with Crippen molar-refractivity contribution in [1.29, 1.82) is 0 Å². The van der Waals surface area contributed by atoms with Crippen LogP contribution in [0.4, 0.5) is 5.82 Å². The fourth-order valence-corrected chi connectivity index (χ4v) is 4.42. The molecule has 0 unspecified atom stereocenters. The third-order valence-electron chi connectivity index (χ3n) is 6.01. The third kappa shape index (κ3) is 4.23. The molecule has 3 heterocycles. The van der Waals surface area contributed by atoms with Gasteiger partial charge in [-0.15, -0.1) is 0 Å².